The fourth-order valence-electron chi connectivity index (χ4n) is 1.42. The highest BCUT2D eigenvalue weighted by Gasteiger charge is 2.13. The lowest BCUT2D eigenvalue weighted by Crippen LogP contribution is -2.31. The minimum absolute atomic E-state index is 0.0814. The molecule has 0 aromatic rings. The Morgan fingerprint density at radius 3 is 2.85 bits per heavy atom. The Morgan fingerprint density at radius 2 is 2.31 bits per heavy atom. The SMILES string of the molecule is O=S(=O)(O)CCPC1CCCNC1. The van der Waals surface area contributed by atoms with Crippen molar-refractivity contribution in [3.8, 4) is 0 Å². The summed E-state index contributed by atoms with van der Waals surface area (Å²) < 4.78 is 29.3. The molecule has 6 heteroatoms. The smallest absolute Gasteiger partial charge is 0.265 e. The summed E-state index contributed by atoms with van der Waals surface area (Å²) >= 11 is 0. The fraction of sp³-hybridized carbons (Fsp3) is 1.00. The third kappa shape index (κ3) is 5.57. The van der Waals surface area contributed by atoms with Gasteiger partial charge >= 0.3 is 0 Å². The highest BCUT2D eigenvalue weighted by atomic mass is 32.2. The van der Waals surface area contributed by atoms with Crippen LogP contribution in [0.1, 0.15) is 12.8 Å². The van der Waals surface area contributed by atoms with Crippen LogP contribution < -0.4 is 5.32 Å². The number of piperidine rings is 1. The van der Waals surface area contributed by atoms with Crippen molar-refractivity contribution in [1.82, 2.24) is 5.32 Å². The Labute approximate surface area is 81.0 Å². The molecule has 0 aromatic heterocycles. The van der Waals surface area contributed by atoms with Crippen molar-refractivity contribution in [1.29, 1.82) is 0 Å². The van der Waals surface area contributed by atoms with Crippen LogP contribution in [0.25, 0.3) is 0 Å². The summed E-state index contributed by atoms with van der Waals surface area (Å²) in [7, 11) is -3.09. The van der Waals surface area contributed by atoms with Crippen LogP contribution in [0, 0.1) is 0 Å². The van der Waals surface area contributed by atoms with E-state index in [9.17, 15) is 8.42 Å². The molecule has 0 amide bonds. The molecule has 0 radical (unpaired) electrons. The van der Waals surface area contributed by atoms with Gasteiger partial charge in [-0.05, 0) is 31.2 Å². The molecule has 1 aliphatic rings. The van der Waals surface area contributed by atoms with E-state index in [0.717, 1.165) is 13.1 Å². The molecule has 0 aromatic carbocycles. The summed E-state index contributed by atoms with van der Waals surface area (Å²) in [5, 5.41) is 3.28. The van der Waals surface area contributed by atoms with E-state index in [0.29, 0.717) is 20.4 Å². The summed E-state index contributed by atoms with van der Waals surface area (Å²) in [6.45, 7) is 2.09. The predicted molar refractivity (Wildman–Crippen MR) is 55.5 cm³/mol. The first-order valence-corrected chi connectivity index (χ1v) is 7.36. The lowest BCUT2D eigenvalue weighted by Gasteiger charge is -2.22. The van der Waals surface area contributed by atoms with Gasteiger partial charge in [0.05, 0.1) is 5.75 Å². The molecule has 1 heterocycles. The van der Waals surface area contributed by atoms with E-state index in [-0.39, 0.29) is 5.75 Å². The first kappa shape index (κ1) is 11.4. The van der Waals surface area contributed by atoms with Crippen molar-refractivity contribution in [2.24, 2.45) is 0 Å². The van der Waals surface area contributed by atoms with Crippen LogP contribution in [0.3, 0.4) is 0 Å². The summed E-state index contributed by atoms with van der Waals surface area (Å²) in [5.41, 5.74) is 0.621. The van der Waals surface area contributed by atoms with Crippen LogP contribution in [0.5, 0.6) is 0 Å². The number of hydrogen-bond acceptors (Lipinski definition) is 3. The molecule has 0 saturated carbocycles. The highest BCUT2D eigenvalue weighted by molar-refractivity contribution is 7.86. The van der Waals surface area contributed by atoms with Gasteiger partial charge in [0.2, 0.25) is 0 Å². The maximum Gasteiger partial charge on any atom is 0.265 e. The van der Waals surface area contributed by atoms with E-state index in [1.807, 2.05) is 0 Å². The second kappa shape index (κ2) is 5.25. The van der Waals surface area contributed by atoms with E-state index >= 15 is 0 Å². The van der Waals surface area contributed by atoms with Crippen molar-refractivity contribution in [2.45, 2.75) is 18.5 Å². The molecule has 0 bridgehead atoms. The summed E-state index contributed by atoms with van der Waals surface area (Å²) in [4.78, 5) is 0. The fourth-order valence-corrected chi connectivity index (χ4v) is 4.03. The Kier molecular flexibility index (Phi) is 4.59. The van der Waals surface area contributed by atoms with Gasteiger partial charge in [0.15, 0.2) is 0 Å². The lowest BCUT2D eigenvalue weighted by molar-refractivity contribution is 0.485. The molecule has 1 saturated heterocycles. The normalized spacial score (nSPS) is 25.5. The van der Waals surface area contributed by atoms with Gasteiger partial charge in [-0.2, -0.15) is 8.42 Å². The second-order valence-corrected chi connectivity index (χ2v) is 6.58. The molecule has 2 N–H and O–H groups in total. The Bertz CT molecular complexity index is 236. The van der Waals surface area contributed by atoms with Crippen molar-refractivity contribution in [3.05, 3.63) is 0 Å². The van der Waals surface area contributed by atoms with E-state index in [1.54, 1.807) is 0 Å². The van der Waals surface area contributed by atoms with E-state index < -0.39 is 10.1 Å². The topological polar surface area (TPSA) is 66.4 Å². The first-order valence-electron chi connectivity index (χ1n) is 4.47. The van der Waals surface area contributed by atoms with Crippen LogP contribution in [0.4, 0.5) is 0 Å². The highest BCUT2D eigenvalue weighted by Crippen LogP contribution is 2.24. The molecule has 13 heavy (non-hydrogen) atoms. The molecule has 1 rings (SSSR count). The van der Waals surface area contributed by atoms with E-state index in [4.69, 9.17) is 4.55 Å². The largest absolute Gasteiger partial charge is 0.316 e. The average molecular weight is 225 g/mol. The summed E-state index contributed by atoms with van der Waals surface area (Å²) in [6.07, 6.45) is 2.98. The van der Waals surface area contributed by atoms with Crippen molar-refractivity contribution >= 4 is 18.7 Å². The van der Waals surface area contributed by atoms with Crippen molar-refractivity contribution in [3.63, 3.8) is 0 Å². The van der Waals surface area contributed by atoms with Gasteiger partial charge in [-0.3, -0.25) is 4.55 Å². The molecule has 4 nitrogen and oxygen atoms in total. The first-order chi connectivity index (χ1) is 6.08. The van der Waals surface area contributed by atoms with E-state index in [1.165, 1.54) is 12.8 Å². The van der Waals surface area contributed by atoms with Gasteiger partial charge < -0.3 is 5.32 Å². The number of rotatable bonds is 4. The van der Waals surface area contributed by atoms with Gasteiger partial charge in [0.25, 0.3) is 10.1 Å². The molecular weight excluding hydrogens is 209 g/mol. The molecule has 2 unspecified atom stereocenters. The van der Waals surface area contributed by atoms with Crippen LogP contribution in [-0.4, -0.2) is 43.6 Å². The van der Waals surface area contributed by atoms with Gasteiger partial charge in [0, 0.05) is 6.54 Å². The zero-order chi connectivity index (χ0) is 9.73. The Balaban J connectivity index is 2.11. The Morgan fingerprint density at radius 1 is 1.54 bits per heavy atom. The average Bonchev–Trinajstić information content (AvgIpc) is 2.04. The summed E-state index contributed by atoms with van der Waals surface area (Å²) in [6, 6.07) is 0. The monoisotopic (exact) mass is 225 g/mol. The van der Waals surface area contributed by atoms with Crippen LogP contribution in [-0.2, 0) is 10.1 Å². The minimum atomic E-state index is -3.74. The number of nitrogens with one attached hydrogen (secondary N) is 1. The van der Waals surface area contributed by atoms with Gasteiger partial charge in [-0.1, -0.05) is 0 Å². The van der Waals surface area contributed by atoms with Gasteiger partial charge in [-0.25, -0.2) is 0 Å². The zero-order valence-electron chi connectivity index (χ0n) is 7.49. The molecule has 1 fully saturated rings. The minimum Gasteiger partial charge on any atom is -0.316 e. The molecule has 0 spiro atoms. The standard InChI is InChI=1S/C7H16NO3PS/c9-13(10,11)5-4-12-7-2-1-3-8-6-7/h7-8,12H,1-6H2,(H,9,10,11). The van der Waals surface area contributed by atoms with Crippen LogP contribution in [0.2, 0.25) is 0 Å². The van der Waals surface area contributed by atoms with Gasteiger partial charge in [-0.15, -0.1) is 8.58 Å². The molecular formula is C7H16NO3PS. The molecule has 1 aliphatic heterocycles. The quantitative estimate of drug-likeness (QED) is 0.533. The maximum absolute atomic E-state index is 10.4. The van der Waals surface area contributed by atoms with Crippen molar-refractivity contribution < 1.29 is 13.0 Å². The predicted octanol–water partition coefficient (Wildman–Crippen LogP) is 0.305. The van der Waals surface area contributed by atoms with E-state index in [2.05, 4.69) is 5.32 Å². The summed E-state index contributed by atoms with van der Waals surface area (Å²) in [5.74, 6) is -0.0814. The van der Waals surface area contributed by atoms with Crippen molar-refractivity contribution in [2.75, 3.05) is 25.0 Å². The third-order valence-electron chi connectivity index (χ3n) is 2.09. The van der Waals surface area contributed by atoms with Crippen LogP contribution >= 0.6 is 8.58 Å². The number of hydrogen-bond donors (Lipinski definition) is 2. The molecule has 78 valence electrons. The van der Waals surface area contributed by atoms with Crippen LogP contribution in [0.15, 0.2) is 0 Å². The molecule has 0 aliphatic carbocycles. The molecule has 2 atom stereocenters. The maximum atomic E-state index is 10.4. The third-order valence-corrected chi connectivity index (χ3v) is 4.78. The second-order valence-electron chi connectivity index (χ2n) is 3.28. The zero-order valence-corrected chi connectivity index (χ0v) is 9.31. The lowest BCUT2D eigenvalue weighted by atomic mass is 10.2. The van der Waals surface area contributed by atoms with Gasteiger partial charge in [0.1, 0.15) is 0 Å². The Hall–Kier alpha value is 0.300.